The van der Waals surface area contributed by atoms with Gasteiger partial charge in [0.2, 0.25) is 0 Å². The molecular weight excluding hydrogens is 319 g/mol. The predicted octanol–water partition coefficient (Wildman–Crippen LogP) is 4.80. The molecule has 0 bridgehead atoms. The molecule has 22 heavy (non-hydrogen) atoms. The van der Waals surface area contributed by atoms with Gasteiger partial charge in [-0.05, 0) is 42.8 Å². The fourth-order valence-electron chi connectivity index (χ4n) is 2.27. The van der Waals surface area contributed by atoms with Crippen LogP contribution in [0.1, 0.15) is 12.5 Å². The number of carbonyl (C=O) groups is 1. The normalized spacial score (nSPS) is 16.3. The number of amidine groups is 1. The van der Waals surface area contributed by atoms with Crippen molar-refractivity contribution in [2.45, 2.75) is 6.92 Å². The SMILES string of the molecule is CC1=N/C(=C\c2ccc(Cl)cc2Cl)C(=O)N1c1ccccc1. The van der Waals surface area contributed by atoms with Crippen molar-refractivity contribution in [2.75, 3.05) is 4.90 Å². The van der Waals surface area contributed by atoms with Gasteiger partial charge < -0.3 is 0 Å². The number of hydrogen-bond acceptors (Lipinski definition) is 2. The molecule has 0 radical (unpaired) electrons. The lowest BCUT2D eigenvalue weighted by Crippen LogP contribution is -2.30. The Morgan fingerprint density at radius 1 is 1.09 bits per heavy atom. The summed E-state index contributed by atoms with van der Waals surface area (Å²) in [5.74, 6) is 0.460. The van der Waals surface area contributed by atoms with Gasteiger partial charge in [0.05, 0.1) is 5.69 Å². The molecule has 1 aliphatic rings. The second-order valence-corrected chi connectivity index (χ2v) is 5.67. The Bertz CT molecular complexity index is 798. The Hall–Kier alpha value is -2.10. The Balaban J connectivity index is 1.97. The number of anilines is 1. The quantitative estimate of drug-likeness (QED) is 0.728. The van der Waals surface area contributed by atoms with Crippen molar-refractivity contribution in [3.05, 3.63) is 69.8 Å². The average molecular weight is 331 g/mol. The highest BCUT2D eigenvalue weighted by molar-refractivity contribution is 6.36. The number of aliphatic imine (C=N–C) groups is 1. The Morgan fingerprint density at radius 3 is 2.50 bits per heavy atom. The number of nitrogens with zero attached hydrogens (tertiary/aromatic N) is 2. The maximum atomic E-state index is 12.6. The van der Waals surface area contributed by atoms with Gasteiger partial charge in [0.1, 0.15) is 11.5 Å². The Kier molecular flexibility index (Phi) is 4.01. The van der Waals surface area contributed by atoms with E-state index in [4.69, 9.17) is 23.2 Å². The molecule has 2 aromatic rings. The molecule has 0 unspecified atom stereocenters. The van der Waals surface area contributed by atoms with Gasteiger partial charge in [-0.25, -0.2) is 4.99 Å². The molecule has 2 aromatic carbocycles. The second kappa shape index (κ2) is 5.95. The highest BCUT2D eigenvalue weighted by Gasteiger charge is 2.28. The molecule has 0 saturated carbocycles. The van der Waals surface area contributed by atoms with Crippen LogP contribution in [-0.2, 0) is 4.79 Å². The highest BCUT2D eigenvalue weighted by Crippen LogP contribution is 2.27. The van der Waals surface area contributed by atoms with Gasteiger partial charge in [-0.3, -0.25) is 9.69 Å². The molecule has 5 heteroatoms. The zero-order chi connectivity index (χ0) is 15.7. The van der Waals surface area contributed by atoms with Crippen molar-refractivity contribution in [2.24, 2.45) is 4.99 Å². The largest absolute Gasteiger partial charge is 0.282 e. The fraction of sp³-hybridized carbons (Fsp3) is 0.0588. The first-order chi connectivity index (χ1) is 10.6. The first kappa shape index (κ1) is 14.8. The minimum Gasteiger partial charge on any atom is -0.266 e. The van der Waals surface area contributed by atoms with Crippen LogP contribution in [-0.4, -0.2) is 11.7 Å². The van der Waals surface area contributed by atoms with Crippen LogP contribution in [0.25, 0.3) is 6.08 Å². The van der Waals surface area contributed by atoms with Crippen LogP contribution in [0.3, 0.4) is 0 Å². The van der Waals surface area contributed by atoms with Crippen LogP contribution >= 0.6 is 23.2 Å². The third-order valence-electron chi connectivity index (χ3n) is 3.30. The third-order valence-corrected chi connectivity index (χ3v) is 3.86. The molecule has 0 saturated heterocycles. The van der Waals surface area contributed by atoms with Crippen LogP contribution in [0.4, 0.5) is 5.69 Å². The monoisotopic (exact) mass is 330 g/mol. The Labute approximate surface area is 138 Å². The number of hydrogen-bond donors (Lipinski definition) is 0. The summed E-state index contributed by atoms with van der Waals surface area (Å²) in [4.78, 5) is 18.5. The summed E-state index contributed by atoms with van der Waals surface area (Å²) >= 11 is 12.0. The molecule has 0 atom stereocenters. The van der Waals surface area contributed by atoms with Crippen LogP contribution in [0, 0.1) is 0 Å². The fourth-order valence-corrected chi connectivity index (χ4v) is 2.74. The lowest BCUT2D eigenvalue weighted by Gasteiger charge is -2.15. The summed E-state index contributed by atoms with van der Waals surface area (Å²) < 4.78 is 0. The van der Waals surface area contributed by atoms with E-state index >= 15 is 0 Å². The first-order valence-corrected chi connectivity index (χ1v) is 7.43. The number of para-hydroxylation sites is 1. The van der Waals surface area contributed by atoms with Crippen molar-refractivity contribution in [1.29, 1.82) is 0 Å². The molecule has 0 fully saturated rings. The van der Waals surface area contributed by atoms with Crippen molar-refractivity contribution in [3.63, 3.8) is 0 Å². The summed E-state index contributed by atoms with van der Waals surface area (Å²) in [5.41, 5.74) is 1.85. The summed E-state index contributed by atoms with van der Waals surface area (Å²) in [7, 11) is 0. The van der Waals surface area contributed by atoms with E-state index in [-0.39, 0.29) is 5.91 Å². The van der Waals surface area contributed by atoms with Gasteiger partial charge in [0.15, 0.2) is 0 Å². The first-order valence-electron chi connectivity index (χ1n) is 6.68. The van der Waals surface area contributed by atoms with Crippen LogP contribution in [0.2, 0.25) is 10.0 Å². The lowest BCUT2D eigenvalue weighted by molar-refractivity contribution is -0.113. The average Bonchev–Trinajstić information content (AvgIpc) is 2.77. The molecule has 0 aromatic heterocycles. The number of benzene rings is 2. The molecular formula is C17H12Cl2N2O. The van der Waals surface area contributed by atoms with Gasteiger partial charge in [-0.15, -0.1) is 0 Å². The van der Waals surface area contributed by atoms with Crippen LogP contribution in [0.15, 0.2) is 59.2 Å². The molecule has 110 valence electrons. The number of halogens is 2. The zero-order valence-corrected chi connectivity index (χ0v) is 13.3. The molecule has 1 amide bonds. The zero-order valence-electron chi connectivity index (χ0n) is 11.8. The molecule has 0 aliphatic carbocycles. The van der Waals surface area contributed by atoms with Gasteiger partial charge >= 0.3 is 0 Å². The molecule has 0 N–H and O–H groups in total. The van der Waals surface area contributed by atoms with Gasteiger partial charge in [-0.1, -0.05) is 47.5 Å². The molecule has 1 heterocycles. The van der Waals surface area contributed by atoms with Crippen molar-refractivity contribution < 1.29 is 4.79 Å². The van der Waals surface area contributed by atoms with E-state index in [1.54, 1.807) is 36.1 Å². The van der Waals surface area contributed by atoms with Gasteiger partial charge in [-0.2, -0.15) is 0 Å². The summed E-state index contributed by atoms with van der Waals surface area (Å²) in [6, 6.07) is 14.5. The topological polar surface area (TPSA) is 32.7 Å². The van der Waals surface area contributed by atoms with Gasteiger partial charge in [0, 0.05) is 10.0 Å². The van der Waals surface area contributed by atoms with E-state index in [2.05, 4.69) is 4.99 Å². The summed E-state index contributed by atoms with van der Waals surface area (Å²) in [6.07, 6.45) is 1.67. The molecule has 3 nitrogen and oxygen atoms in total. The minimum atomic E-state index is -0.172. The van der Waals surface area contributed by atoms with E-state index in [1.807, 2.05) is 30.3 Å². The third kappa shape index (κ3) is 2.78. The van der Waals surface area contributed by atoms with E-state index in [1.165, 1.54) is 0 Å². The second-order valence-electron chi connectivity index (χ2n) is 4.83. The van der Waals surface area contributed by atoms with Gasteiger partial charge in [0.25, 0.3) is 5.91 Å². The molecule has 0 spiro atoms. The minimum absolute atomic E-state index is 0.172. The molecule has 1 aliphatic heterocycles. The highest BCUT2D eigenvalue weighted by atomic mass is 35.5. The van der Waals surface area contributed by atoms with Crippen LogP contribution < -0.4 is 4.90 Å². The summed E-state index contributed by atoms with van der Waals surface area (Å²) in [5, 5.41) is 1.04. The lowest BCUT2D eigenvalue weighted by atomic mass is 10.2. The van der Waals surface area contributed by atoms with Crippen molar-refractivity contribution in [1.82, 2.24) is 0 Å². The van der Waals surface area contributed by atoms with Crippen molar-refractivity contribution in [3.8, 4) is 0 Å². The number of amides is 1. The van der Waals surface area contributed by atoms with Crippen LogP contribution in [0.5, 0.6) is 0 Å². The standard InChI is InChI=1S/C17H12Cl2N2O/c1-11-20-16(9-12-7-8-13(18)10-15(12)19)17(22)21(11)14-5-3-2-4-6-14/h2-10H,1H3/b16-9-. The maximum absolute atomic E-state index is 12.6. The summed E-state index contributed by atoms with van der Waals surface area (Å²) in [6.45, 7) is 1.80. The van der Waals surface area contributed by atoms with E-state index in [9.17, 15) is 4.79 Å². The number of rotatable bonds is 2. The van der Waals surface area contributed by atoms with E-state index in [0.717, 1.165) is 5.69 Å². The smallest absolute Gasteiger partial charge is 0.266 e. The van der Waals surface area contributed by atoms with E-state index < -0.39 is 0 Å². The Morgan fingerprint density at radius 2 is 1.82 bits per heavy atom. The molecule has 3 rings (SSSR count). The maximum Gasteiger partial charge on any atom is 0.282 e. The van der Waals surface area contributed by atoms with Crippen molar-refractivity contribution >= 4 is 46.7 Å². The predicted molar refractivity (Wildman–Crippen MR) is 91.5 cm³/mol. The van der Waals surface area contributed by atoms with E-state index in [0.29, 0.717) is 27.1 Å². The number of carbonyl (C=O) groups excluding carboxylic acids is 1.